The Bertz CT molecular complexity index is 662. The second-order valence-corrected chi connectivity index (χ2v) is 5.05. The normalized spacial score (nSPS) is 11.2. The van der Waals surface area contributed by atoms with Gasteiger partial charge in [-0.1, -0.05) is 11.8 Å². The molecular formula is C13H10F3N3O2S. The van der Waals surface area contributed by atoms with Gasteiger partial charge in [-0.25, -0.2) is 9.97 Å². The van der Waals surface area contributed by atoms with Crippen molar-refractivity contribution in [2.45, 2.75) is 11.3 Å². The van der Waals surface area contributed by atoms with Crippen LogP contribution in [0.25, 0.3) is 0 Å². The maximum absolute atomic E-state index is 12.5. The van der Waals surface area contributed by atoms with Crippen molar-refractivity contribution in [1.82, 2.24) is 9.97 Å². The predicted octanol–water partition coefficient (Wildman–Crippen LogP) is 2.93. The van der Waals surface area contributed by atoms with E-state index in [2.05, 4.69) is 15.3 Å². The predicted molar refractivity (Wildman–Crippen MR) is 74.5 cm³/mol. The number of phenolic OH excluding ortho intramolecular Hbond substituents is 1. The molecular weight excluding hydrogens is 319 g/mol. The number of benzene rings is 1. The van der Waals surface area contributed by atoms with E-state index in [1.807, 2.05) is 0 Å². The average molecular weight is 329 g/mol. The van der Waals surface area contributed by atoms with E-state index in [-0.39, 0.29) is 16.7 Å². The molecule has 0 atom stereocenters. The van der Waals surface area contributed by atoms with Crippen LogP contribution >= 0.6 is 11.8 Å². The van der Waals surface area contributed by atoms with Crippen LogP contribution in [0.1, 0.15) is 5.69 Å². The molecule has 2 N–H and O–H groups in total. The first-order valence-corrected chi connectivity index (χ1v) is 6.95. The van der Waals surface area contributed by atoms with E-state index in [1.54, 1.807) is 0 Å². The molecule has 0 bridgehead atoms. The zero-order valence-electron chi connectivity index (χ0n) is 11.0. The molecule has 0 aliphatic rings. The molecule has 0 unspecified atom stereocenters. The summed E-state index contributed by atoms with van der Waals surface area (Å²) < 4.78 is 37.5. The Kier molecular flexibility index (Phi) is 4.86. The molecule has 0 aliphatic heterocycles. The van der Waals surface area contributed by atoms with Crippen LogP contribution in [0.15, 0.2) is 41.7 Å². The van der Waals surface area contributed by atoms with Gasteiger partial charge in [0, 0.05) is 11.9 Å². The number of alkyl halides is 3. The van der Waals surface area contributed by atoms with Crippen molar-refractivity contribution in [1.29, 1.82) is 0 Å². The number of nitrogens with zero attached hydrogens (tertiary/aromatic N) is 2. The molecule has 9 heteroatoms. The average Bonchev–Trinajstić information content (AvgIpc) is 2.47. The van der Waals surface area contributed by atoms with Crippen LogP contribution in [-0.2, 0) is 11.0 Å². The molecule has 2 rings (SSSR count). The number of phenols is 1. The van der Waals surface area contributed by atoms with Gasteiger partial charge in [0.15, 0.2) is 5.16 Å². The summed E-state index contributed by atoms with van der Waals surface area (Å²) in [7, 11) is 0. The Labute approximate surface area is 127 Å². The smallest absolute Gasteiger partial charge is 0.433 e. The molecule has 1 aromatic carbocycles. The van der Waals surface area contributed by atoms with Gasteiger partial charge in [0.1, 0.15) is 11.4 Å². The molecule has 1 heterocycles. The largest absolute Gasteiger partial charge is 0.508 e. The van der Waals surface area contributed by atoms with Crippen LogP contribution in [-0.4, -0.2) is 26.7 Å². The first kappa shape index (κ1) is 16.1. The molecule has 0 aliphatic carbocycles. The molecule has 116 valence electrons. The monoisotopic (exact) mass is 329 g/mol. The number of anilines is 1. The lowest BCUT2D eigenvalue weighted by atomic mass is 10.3. The van der Waals surface area contributed by atoms with E-state index in [4.69, 9.17) is 5.11 Å². The van der Waals surface area contributed by atoms with E-state index in [0.717, 1.165) is 24.0 Å². The van der Waals surface area contributed by atoms with Crippen LogP contribution in [0.5, 0.6) is 5.75 Å². The number of aromatic hydroxyl groups is 1. The Balaban J connectivity index is 1.92. The third kappa shape index (κ3) is 4.62. The molecule has 0 saturated heterocycles. The second-order valence-electron chi connectivity index (χ2n) is 4.11. The van der Waals surface area contributed by atoms with Crippen molar-refractivity contribution in [2.75, 3.05) is 11.1 Å². The maximum atomic E-state index is 12.5. The van der Waals surface area contributed by atoms with Gasteiger partial charge in [-0.3, -0.25) is 4.79 Å². The molecule has 1 amide bonds. The number of amides is 1. The Hall–Kier alpha value is -2.29. The fourth-order valence-corrected chi connectivity index (χ4v) is 2.07. The highest BCUT2D eigenvalue weighted by atomic mass is 32.2. The van der Waals surface area contributed by atoms with Crippen molar-refractivity contribution < 1.29 is 23.1 Å². The third-order valence-electron chi connectivity index (χ3n) is 2.41. The molecule has 1 aromatic heterocycles. The van der Waals surface area contributed by atoms with Crippen molar-refractivity contribution in [3.63, 3.8) is 0 Å². The quantitative estimate of drug-likeness (QED) is 0.512. The highest BCUT2D eigenvalue weighted by Gasteiger charge is 2.32. The fraction of sp³-hybridized carbons (Fsp3) is 0.154. The van der Waals surface area contributed by atoms with Crippen molar-refractivity contribution in [3.05, 3.63) is 42.2 Å². The van der Waals surface area contributed by atoms with Gasteiger partial charge in [0.2, 0.25) is 5.91 Å². The van der Waals surface area contributed by atoms with Crippen LogP contribution in [0.2, 0.25) is 0 Å². The van der Waals surface area contributed by atoms with Gasteiger partial charge in [-0.15, -0.1) is 0 Å². The van der Waals surface area contributed by atoms with Crippen LogP contribution in [0, 0.1) is 0 Å². The van der Waals surface area contributed by atoms with Gasteiger partial charge in [0.25, 0.3) is 0 Å². The Morgan fingerprint density at radius 2 is 1.91 bits per heavy atom. The lowest BCUT2D eigenvalue weighted by Crippen LogP contribution is -2.14. The number of halogens is 3. The summed E-state index contributed by atoms with van der Waals surface area (Å²) in [6.45, 7) is 0. The number of carbonyl (C=O) groups is 1. The molecule has 0 saturated carbocycles. The highest BCUT2D eigenvalue weighted by molar-refractivity contribution is 7.99. The zero-order valence-corrected chi connectivity index (χ0v) is 11.8. The summed E-state index contributed by atoms with van der Waals surface area (Å²) in [6.07, 6.45) is -3.55. The second kappa shape index (κ2) is 6.65. The first-order chi connectivity index (χ1) is 10.3. The lowest BCUT2D eigenvalue weighted by Gasteiger charge is -2.07. The Morgan fingerprint density at radius 1 is 1.23 bits per heavy atom. The zero-order chi connectivity index (χ0) is 16.2. The number of aromatic nitrogens is 2. The minimum atomic E-state index is -4.55. The summed E-state index contributed by atoms with van der Waals surface area (Å²) in [5.74, 6) is -0.496. The summed E-state index contributed by atoms with van der Waals surface area (Å²) >= 11 is 0.798. The van der Waals surface area contributed by atoms with Gasteiger partial charge in [-0.05, 0) is 30.3 Å². The van der Waals surface area contributed by atoms with Gasteiger partial charge in [-0.2, -0.15) is 13.2 Å². The SMILES string of the molecule is O=C(CSc1nccc(C(F)(F)F)n1)Nc1ccc(O)cc1. The van der Waals surface area contributed by atoms with Crippen LogP contribution in [0.4, 0.5) is 18.9 Å². The van der Waals surface area contributed by atoms with Gasteiger partial charge >= 0.3 is 6.18 Å². The number of thioether (sulfide) groups is 1. The number of hydrogen-bond acceptors (Lipinski definition) is 5. The number of rotatable bonds is 4. The van der Waals surface area contributed by atoms with Crippen molar-refractivity contribution in [2.24, 2.45) is 0 Å². The molecule has 22 heavy (non-hydrogen) atoms. The minimum absolute atomic E-state index is 0.0599. The van der Waals surface area contributed by atoms with Crippen LogP contribution in [0.3, 0.4) is 0 Å². The maximum Gasteiger partial charge on any atom is 0.433 e. The molecule has 0 radical (unpaired) electrons. The minimum Gasteiger partial charge on any atom is -0.508 e. The summed E-state index contributed by atoms with van der Waals surface area (Å²) in [5, 5.41) is 11.5. The summed E-state index contributed by atoms with van der Waals surface area (Å²) in [4.78, 5) is 18.7. The number of nitrogens with one attached hydrogen (secondary N) is 1. The topological polar surface area (TPSA) is 75.1 Å². The van der Waals surface area contributed by atoms with E-state index >= 15 is 0 Å². The number of hydrogen-bond donors (Lipinski definition) is 2. The fourth-order valence-electron chi connectivity index (χ4n) is 1.44. The molecule has 5 nitrogen and oxygen atoms in total. The van der Waals surface area contributed by atoms with E-state index in [1.165, 1.54) is 24.3 Å². The molecule has 0 spiro atoms. The standard InChI is InChI=1S/C13H10F3N3O2S/c14-13(15,16)10-5-6-17-12(19-10)22-7-11(21)18-8-1-3-9(20)4-2-8/h1-6,20H,7H2,(H,18,21). The van der Waals surface area contributed by atoms with Crippen molar-refractivity contribution >= 4 is 23.4 Å². The van der Waals surface area contributed by atoms with Gasteiger partial charge < -0.3 is 10.4 Å². The van der Waals surface area contributed by atoms with E-state index in [9.17, 15) is 18.0 Å². The summed E-state index contributed by atoms with van der Waals surface area (Å²) in [6, 6.07) is 6.56. The van der Waals surface area contributed by atoms with E-state index < -0.39 is 17.8 Å². The Morgan fingerprint density at radius 3 is 2.55 bits per heavy atom. The number of carbonyl (C=O) groups excluding carboxylic acids is 1. The lowest BCUT2D eigenvalue weighted by molar-refractivity contribution is -0.141. The summed E-state index contributed by atoms with van der Waals surface area (Å²) in [5.41, 5.74) is -0.586. The molecule has 0 fully saturated rings. The van der Waals surface area contributed by atoms with E-state index in [0.29, 0.717) is 5.69 Å². The van der Waals surface area contributed by atoms with Crippen molar-refractivity contribution in [3.8, 4) is 5.75 Å². The van der Waals surface area contributed by atoms with Crippen LogP contribution < -0.4 is 5.32 Å². The third-order valence-corrected chi connectivity index (χ3v) is 3.27. The highest BCUT2D eigenvalue weighted by Crippen LogP contribution is 2.28. The van der Waals surface area contributed by atoms with Gasteiger partial charge in [0.05, 0.1) is 5.75 Å². The molecule has 2 aromatic rings. The first-order valence-electron chi connectivity index (χ1n) is 5.96.